The van der Waals surface area contributed by atoms with Gasteiger partial charge in [0, 0.05) is 10.5 Å². The van der Waals surface area contributed by atoms with Crippen molar-refractivity contribution in [2.45, 2.75) is 31.7 Å². The van der Waals surface area contributed by atoms with Crippen LogP contribution in [0.25, 0.3) is 0 Å². The number of rotatable bonds is 4. The molecule has 1 nitrogen and oxygen atoms in total. The standard InChI is InChI=1S/C18H20BrN/c1-20-18(16-6-3-7-17(19)12-16)11-13-8-9-14-4-2-5-15(14)10-13/h3,6-10,12,18,20H,2,4-5,11H2,1H3. The normalized spacial score (nSPS) is 15.1. The van der Waals surface area contributed by atoms with Crippen molar-refractivity contribution in [3.8, 4) is 0 Å². The molecule has 0 heterocycles. The first-order valence-corrected chi connectivity index (χ1v) is 8.09. The van der Waals surface area contributed by atoms with Crippen LogP contribution in [-0.2, 0) is 19.3 Å². The molecule has 0 spiro atoms. The Bertz CT molecular complexity index is 606. The monoisotopic (exact) mass is 329 g/mol. The lowest BCUT2D eigenvalue weighted by Crippen LogP contribution is -2.18. The van der Waals surface area contributed by atoms with Crippen molar-refractivity contribution in [1.82, 2.24) is 5.32 Å². The van der Waals surface area contributed by atoms with Gasteiger partial charge in [0.25, 0.3) is 0 Å². The van der Waals surface area contributed by atoms with Crippen molar-refractivity contribution in [2.24, 2.45) is 0 Å². The van der Waals surface area contributed by atoms with Crippen LogP contribution in [0.15, 0.2) is 46.9 Å². The highest BCUT2D eigenvalue weighted by Crippen LogP contribution is 2.26. The zero-order valence-electron chi connectivity index (χ0n) is 11.8. The van der Waals surface area contributed by atoms with E-state index in [0.717, 1.165) is 10.9 Å². The molecule has 2 aromatic rings. The van der Waals surface area contributed by atoms with Crippen LogP contribution in [-0.4, -0.2) is 7.05 Å². The Morgan fingerprint density at radius 2 is 1.95 bits per heavy atom. The summed E-state index contributed by atoms with van der Waals surface area (Å²) >= 11 is 3.56. The van der Waals surface area contributed by atoms with Crippen molar-refractivity contribution in [3.05, 3.63) is 69.2 Å². The molecule has 0 radical (unpaired) electrons. The Morgan fingerprint density at radius 3 is 2.75 bits per heavy atom. The summed E-state index contributed by atoms with van der Waals surface area (Å²) in [6, 6.07) is 16.0. The fourth-order valence-corrected chi connectivity index (χ4v) is 3.51. The van der Waals surface area contributed by atoms with Gasteiger partial charge in [-0.15, -0.1) is 0 Å². The highest BCUT2D eigenvalue weighted by atomic mass is 79.9. The number of nitrogens with one attached hydrogen (secondary N) is 1. The summed E-state index contributed by atoms with van der Waals surface area (Å²) in [6.07, 6.45) is 4.88. The minimum atomic E-state index is 0.368. The molecule has 1 atom stereocenters. The van der Waals surface area contributed by atoms with Crippen LogP contribution >= 0.6 is 15.9 Å². The third-order valence-electron chi connectivity index (χ3n) is 4.20. The van der Waals surface area contributed by atoms with Crippen LogP contribution in [0.5, 0.6) is 0 Å². The van der Waals surface area contributed by atoms with Crippen LogP contribution in [0.1, 0.15) is 34.7 Å². The van der Waals surface area contributed by atoms with Gasteiger partial charge in [-0.2, -0.15) is 0 Å². The van der Waals surface area contributed by atoms with E-state index in [1.165, 1.54) is 30.4 Å². The van der Waals surface area contributed by atoms with E-state index in [1.54, 1.807) is 11.1 Å². The molecule has 0 amide bonds. The Morgan fingerprint density at radius 1 is 1.10 bits per heavy atom. The predicted molar refractivity (Wildman–Crippen MR) is 88.1 cm³/mol. The maximum Gasteiger partial charge on any atom is 0.0358 e. The quantitative estimate of drug-likeness (QED) is 0.874. The first-order chi connectivity index (χ1) is 9.76. The number of likely N-dealkylation sites (N-methyl/N-ethyl adjacent to an activating group) is 1. The molecule has 0 saturated heterocycles. The summed E-state index contributed by atoms with van der Waals surface area (Å²) in [5.74, 6) is 0. The Hall–Kier alpha value is -1.12. The molecule has 20 heavy (non-hydrogen) atoms. The maximum atomic E-state index is 3.56. The second-order valence-electron chi connectivity index (χ2n) is 5.56. The summed E-state index contributed by atoms with van der Waals surface area (Å²) < 4.78 is 1.14. The molecule has 2 heteroatoms. The van der Waals surface area contributed by atoms with Crippen molar-refractivity contribution < 1.29 is 0 Å². The maximum absolute atomic E-state index is 3.56. The Kier molecular flexibility index (Phi) is 4.23. The van der Waals surface area contributed by atoms with Crippen molar-refractivity contribution in [3.63, 3.8) is 0 Å². The topological polar surface area (TPSA) is 12.0 Å². The Balaban J connectivity index is 1.81. The van der Waals surface area contributed by atoms with E-state index in [2.05, 4.69) is 63.7 Å². The summed E-state index contributed by atoms with van der Waals surface area (Å²) in [5, 5.41) is 3.44. The van der Waals surface area contributed by atoms with Gasteiger partial charge in [-0.1, -0.05) is 46.3 Å². The summed E-state index contributed by atoms with van der Waals surface area (Å²) in [6.45, 7) is 0. The predicted octanol–water partition coefficient (Wildman–Crippen LogP) is 4.44. The number of hydrogen-bond acceptors (Lipinski definition) is 1. The van der Waals surface area contributed by atoms with E-state index in [9.17, 15) is 0 Å². The molecule has 0 saturated carbocycles. The highest BCUT2D eigenvalue weighted by molar-refractivity contribution is 9.10. The van der Waals surface area contributed by atoms with Crippen LogP contribution in [0.2, 0.25) is 0 Å². The SMILES string of the molecule is CNC(Cc1ccc2c(c1)CCC2)c1cccc(Br)c1. The molecular formula is C18H20BrN. The lowest BCUT2D eigenvalue weighted by atomic mass is 9.97. The van der Waals surface area contributed by atoms with Gasteiger partial charge < -0.3 is 5.32 Å². The number of halogens is 1. The molecule has 1 N–H and O–H groups in total. The van der Waals surface area contributed by atoms with Gasteiger partial charge in [-0.3, -0.25) is 0 Å². The fraction of sp³-hybridized carbons (Fsp3) is 0.333. The number of benzene rings is 2. The minimum Gasteiger partial charge on any atom is -0.313 e. The van der Waals surface area contributed by atoms with Crippen LogP contribution < -0.4 is 5.32 Å². The minimum absolute atomic E-state index is 0.368. The highest BCUT2D eigenvalue weighted by Gasteiger charge is 2.14. The molecule has 0 aliphatic heterocycles. The van der Waals surface area contributed by atoms with Crippen molar-refractivity contribution in [1.29, 1.82) is 0 Å². The van der Waals surface area contributed by atoms with E-state index in [-0.39, 0.29) is 0 Å². The second kappa shape index (κ2) is 6.11. The van der Waals surface area contributed by atoms with E-state index >= 15 is 0 Å². The Labute approximate surface area is 129 Å². The smallest absolute Gasteiger partial charge is 0.0358 e. The third kappa shape index (κ3) is 2.97. The van der Waals surface area contributed by atoms with Crippen LogP contribution in [0.4, 0.5) is 0 Å². The van der Waals surface area contributed by atoms with Gasteiger partial charge in [-0.25, -0.2) is 0 Å². The number of fused-ring (bicyclic) bond motifs is 1. The molecule has 0 bridgehead atoms. The van der Waals surface area contributed by atoms with Gasteiger partial charge in [0.1, 0.15) is 0 Å². The van der Waals surface area contributed by atoms with E-state index < -0.39 is 0 Å². The molecule has 2 aromatic carbocycles. The second-order valence-corrected chi connectivity index (χ2v) is 6.47. The van der Waals surface area contributed by atoms with Gasteiger partial charge in [-0.05, 0) is 67.1 Å². The van der Waals surface area contributed by atoms with E-state index in [1.807, 2.05) is 7.05 Å². The molecule has 0 aromatic heterocycles. The molecule has 3 rings (SSSR count). The third-order valence-corrected chi connectivity index (χ3v) is 4.70. The largest absolute Gasteiger partial charge is 0.313 e. The lowest BCUT2D eigenvalue weighted by Gasteiger charge is -2.17. The summed E-state index contributed by atoms with van der Waals surface area (Å²) in [7, 11) is 2.04. The van der Waals surface area contributed by atoms with Gasteiger partial charge in [0.2, 0.25) is 0 Å². The molecular weight excluding hydrogens is 310 g/mol. The number of aryl methyl sites for hydroxylation is 2. The van der Waals surface area contributed by atoms with Gasteiger partial charge in [0.05, 0.1) is 0 Å². The summed E-state index contributed by atoms with van der Waals surface area (Å²) in [5.41, 5.74) is 5.89. The van der Waals surface area contributed by atoms with Crippen LogP contribution in [0, 0.1) is 0 Å². The van der Waals surface area contributed by atoms with Gasteiger partial charge in [0.15, 0.2) is 0 Å². The zero-order chi connectivity index (χ0) is 13.9. The average Bonchev–Trinajstić information content (AvgIpc) is 2.92. The zero-order valence-corrected chi connectivity index (χ0v) is 13.4. The molecule has 104 valence electrons. The number of hydrogen-bond donors (Lipinski definition) is 1. The molecule has 1 aliphatic rings. The molecule has 0 fully saturated rings. The average molecular weight is 330 g/mol. The van der Waals surface area contributed by atoms with Crippen molar-refractivity contribution >= 4 is 15.9 Å². The van der Waals surface area contributed by atoms with Crippen molar-refractivity contribution in [2.75, 3.05) is 7.05 Å². The summed E-state index contributed by atoms with van der Waals surface area (Å²) in [4.78, 5) is 0. The van der Waals surface area contributed by atoms with E-state index in [4.69, 9.17) is 0 Å². The fourth-order valence-electron chi connectivity index (χ4n) is 3.10. The lowest BCUT2D eigenvalue weighted by molar-refractivity contribution is 0.591. The first-order valence-electron chi connectivity index (χ1n) is 7.29. The molecule has 1 aliphatic carbocycles. The van der Waals surface area contributed by atoms with E-state index in [0.29, 0.717) is 6.04 Å². The van der Waals surface area contributed by atoms with Gasteiger partial charge >= 0.3 is 0 Å². The van der Waals surface area contributed by atoms with Crippen LogP contribution in [0.3, 0.4) is 0 Å². The molecule has 1 unspecified atom stereocenters. The first kappa shape index (κ1) is 13.8.